The SMILES string of the molecule is CCC(Sc1cc(C)ncn1)C(=O)Nc1nc(-c2ccc(OC)cc2)cs1. The molecule has 1 aromatic carbocycles. The molecule has 0 aliphatic rings. The highest BCUT2D eigenvalue weighted by Crippen LogP contribution is 2.28. The topological polar surface area (TPSA) is 77.0 Å². The molecule has 0 radical (unpaired) electrons. The average molecular weight is 401 g/mol. The standard InChI is InChI=1S/C19H20N4O2S2/c1-4-16(27-17-9-12(2)20-11-21-17)18(24)23-19-22-15(10-26-19)13-5-7-14(25-3)8-6-13/h5-11,16H,4H2,1-3H3,(H,22,23,24). The quantitative estimate of drug-likeness (QED) is 0.467. The summed E-state index contributed by atoms with van der Waals surface area (Å²) in [5, 5.41) is 5.99. The number of amides is 1. The van der Waals surface area contributed by atoms with Gasteiger partial charge in [0.05, 0.1) is 18.1 Å². The number of methoxy groups -OCH3 is 1. The third-order valence-corrected chi connectivity index (χ3v) is 5.88. The molecule has 0 saturated heterocycles. The minimum atomic E-state index is -0.243. The Bertz CT molecular complexity index is 912. The van der Waals surface area contributed by atoms with E-state index in [1.54, 1.807) is 7.11 Å². The van der Waals surface area contributed by atoms with E-state index in [1.807, 2.05) is 49.6 Å². The van der Waals surface area contributed by atoms with Gasteiger partial charge in [-0.25, -0.2) is 15.0 Å². The van der Waals surface area contributed by atoms with Crippen LogP contribution in [-0.2, 0) is 4.79 Å². The Hall–Kier alpha value is -2.45. The lowest BCUT2D eigenvalue weighted by atomic mass is 10.2. The first-order chi connectivity index (χ1) is 13.1. The lowest BCUT2D eigenvalue weighted by Gasteiger charge is -2.13. The van der Waals surface area contributed by atoms with Crippen molar-refractivity contribution in [3.05, 3.63) is 47.7 Å². The number of thioether (sulfide) groups is 1. The van der Waals surface area contributed by atoms with E-state index < -0.39 is 0 Å². The van der Waals surface area contributed by atoms with Gasteiger partial charge >= 0.3 is 0 Å². The maximum atomic E-state index is 12.6. The number of aryl methyl sites for hydroxylation is 1. The molecule has 2 aromatic heterocycles. The van der Waals surface area contributed by atoms with Gasteiger partial charge in [0.15, 0.2) is 5.13 Å². The molecular formula is C19H20N4O2S2. The molecule has 6 nitrogen and oxygen atoms in total. The zero-order chi connectivity index (χ0) is 19.2. The molecule has 1 atom stereocenters. The van der Waals surface area contributed by atoms with Crippen LogP contribution in [0.5, 0.6) is 5.75 Å². The Kier molecular flexibility index (Phi) is 6.41. The second-order valence-corrected chi connectivity index (χ2v) is 7.85. The van der Waals surface area contributed by atoms with E-state index in [9.17, 15) is 4.79 Å². The Morgan fingerprint density at radius 2 is 2.07 bits per heavy atom. The van der Waals surface area contributed by atoms with Crippen molar-refractivity contribution in [2.24, 2.45) is 0 Å². The van der Waals surface area contributed by atoms with Crippen molar-refractivity contribution in [2.75, 3.05) is 12.4 Å². The molecular weight excluding hydrogens is 380 g/mol. The van der Waals surface area contributed by atoms with Crippen LogP contribution in [0.3, 0.4) is 0 Å². The van der Waals surface area contributed by atoms with Crippen molar-refractivity contribution in [1.82, 2.24) is 15.0 Å². The smallest absolute Gasteiger partial charge is 0.239 e. The summed E-state index contributed by atoms with van der Waals surface area (Å²) >= 11 is 2.85. The fourth-order valence-corrected chi connectivity index (χ4v) is 4.07. The van der Waals surface area contributed by atoms with Gasteiger partial charge in [0.25, 0.3) is 0 Å². The van der Waals surface area contributed by atoms with Crippen LogP contribution in [0, 0.1) is 6.92 Å². The van der Waals surface area contributed by atoms with E-state index in [1.165, 1.54) is 29.4 Å². The molecule has 8 heteroatoms. The predicted octanol–water partition coefficient (Wildman–Crippen LogP) is 4.43. The van der Waals surface area contributed by atoms with Gasteiger partial charge in [0.1, 0.15) is 17.1 Å². The van der Waals surface area contributed by atoms with Crippen LogP contribution in [0.2, 0.25) is 0 Å². The summed E-state index contributed by atoms with van der Waals surface area (Å²) in [6, 6.07) is 9.55. The number of hydrogen-bond acceptors (Lipinski definition) is 7. The first kappa shape index (κ1) is 19.3. The number of nitrogens with zero attached hydrogens (tertiary/aromatic N) is 3. The van der Waals surface area contributed by atoms with Crippen molar-refractivity contribution in [3.63, 3.8) is 0 Å². The Balaban J connectivity index is 1.66. The molecule has 140 valence electrons. The van der Waals surface area contributed by atoms with Gasteiger partial charge < -0.3 is 10.1 Å². The van der Waals surface area contributed by atoms with Crippen LogP contribution in [-0.4, -0.2) is 33.2 Å². The van der Waals surface area contributed by atoms with Crippen LogP contribution in [0.1, 0.15) is 19.0 Å². The molecule has 27 heavy (non-hydrogen) atoms. The fourth-order valence-electron chi connectivity index (χ4n) is 2.37. The van der Waals surface area contributed by atoms with Crippen LogP contribution in [0.4, 0.5) is 5.13 Å². The number of hydrogen-bond donors (Lipinski definition) is 1. The molecule has 1 N–H and O–H groups in total. The molecule has 0 aliphatic heterocycles. The summed E-state index contributed by atoms with van der Waals surface area (Å²) in [7, 11) is 1.64. The number of benzene rings is 1. The van der Waals surface area contributed by atoms with E-state index in [2.05, 4.69) is 20.3 Å². The van der Waals surface area contributed by atoms with Crippen molar-refractivity contribution < 1.29 is 9.53 Å². The number of carbonyl (C=O) groups is 1. The largest absolute Gasteiger partial charge is 0.497 e. The lowest BCUT2D eigenvalue weighted by Crippen LogP contribution is -2.24. The first-order valence-corrected chi connectivity index (χ1v) is 10.2. The second kappa shape index (κ2) is 8.96. The third-order valence-electron chi connectivity index (χ3n) is 3.83. The van der Waals surface area contributed by atoms with Gasteiger partial charge in [-0.2, -0.15) is 0 Å². The van der Waals surface area contributed by atoms with Crippen LogP contribution < -0.4 is 10.1 Å². The molecule has 3 aromatic rings. The molecule has 1 amide bonds. The van der Waals surface area contributed by atoms with Gasteiger partial charge in [-0.1, -0.05) is 18.7 Å². The molecule has 3 rings (SSSR count). The number of nitrogens with one attached hydrogen (secondary N) is 1. The summed E-state index contributed by atoms with van der Waals surface area (Å²) in [6.07, 6.45) is 2.21. The zero-order valence-electron chi connectivity index (χ0n) is 15.3. The minimum absolute atomic E-state index is 0.0746. The van der Waals surface area contributed by atoms with E-state index in [4.69, 9.17) is 4.74 Å². The number of carbonyl (C=O) groups excluding carboxylic acids is 1. The summed E-state index contributed by atoms with van der Waals surface area (Å²) < 4.78 is 5.17. The normalized spacial score (nSPS) is 11.8. The Labute approximate surface area is 166 Å². The first-order valence-electron chi connectivity index (χ1n) is 8.45. The average Bonchev–Trinajstić information content (AvgIpc) is 3.14. The molecule has 2 heterocycles. The van der Waals surface area contributed by atoms with Crippen molar-refractivity contribution in [1.29, 1.82) is 0 Å². The van der Waals surface area contributed by atoms with Gasteiger partial charge in [0.2, 0.25) is 5.91 Å². The van der Waals surface area contributed by atoms with Crippen molar-refractivity contribution in [3.8, 4) is 17.0 Å². The monoisotopic (exact) mass is 400 g/mol. The van der Waals surface area contributed by atoms with Crippen LogP contribution in [0.25, 0.3) is 11.3 Å². The Morgan fingerprint density at radius 3 is 2.74 bits per heavy atom. The molecule has 1 unspecified atom stereocenters. The van der Waals surface area contributed by atoms with Crippen LogP contribution in [0.15, 0.2) is 47.1 Å². The number of thiazole rings is 1. The van der Waals surface area contributed by atoms with Gasteiger partial charge in [-0.3, -0.25) is 4.79 Å². The summed E-state index contributed by atoms with van der Waals surface area (Å²) in [5.74, 6) is 0.722. The van der Waals surface area contributed by atoms with Crippen LogP contribution >= 0.6 is 23.1 Å². The van der Waals surface area contributed by atoms with Gasteiger partial charge in [0, 0.05) is 16.6 Å². The number of rotatable bonds is 7. The maximum absolute atomic E-state index is 12.6. The molecule has 0 saturated carbocycles. The fraction of sp³-hybridized carbons (Fsp3) is 0.263. The Morgan fingerprint density at radius 1 is 1.30 bits per heavy atom. The number of ether oxygens (including phenoxy) is 1. The van der Waals surface area contributed by atoms with E-state index in [0.29, 0.717) is 11.6 Å². The molecule has 0 spiro atoms. The van der Waals surface area contributed by atoms with Gasteiger partial charge in [-0.05, 0) is 43.7 Å². The second-order valence-electron chi connectivity index (χ2n) is 5.77. The predicted molar refractivity (Wildman–Crippen MR) is 109 cm³/mol. The van der Waals surface area contributed by atoms with Crippen molar-refractivity contribution >= 4 is 34.1 Å². The summed E-state index contributed by atoms with van der Waals surface area (Å²) in [5.41, 5.74) is 2.68. The lowest BCUT2D eigenvalue weighted by molar-refractivity contribution is -0.115. The third kappa shape index (κ3) is 5.05. The maximum Gasteiger partial charge on any atom is 0.239 e. The van der Waals surface area contributed by atoms with E-state index >= 15 is 0 Å². The number of aromatic nitrogens is 3. The minimum Gasteiger partial charge on any atom is -0.497 e. The highest BCUT2D eigenvalue weighted by molar-refractivity contribution is 8.00. The summed E-state index contributed by atoms with van der Waals surface area (Å²) in [4.78, 5) is 25.5. The van der Waals surface area contributed by atoms with Gasteiger partial charge in [-0.15, -0.1) is 11.3 Å². The van der Waals surface area contributed by atoms with Crippen molar-refractivity contribution in [2.45, 2.75) is 30.5 Å². The number of anilines is 1. The summed E-state index contributed by atoms with van der Waals surface area (Å²) in [6.45, 7) is 3.89. The molecule has 0 aliphatic carbocycles. The highest BCUT2D eigenvalue weighted by Gasteiger charge is 2.20. The molecule has 0 bridgehead atoms. The van der Waals surface area contributed by atoms with E-state index in [-0.39, 0.29) is 11.2 Å². The molecule has 0 fully saturated rings. The van der Waals surface area contributed by atoms with E-state index in [0.717, 1.165) is 27.7 Å². The highest BCUT2D eigenvalue weighted by atomic mass is 32.2. The zero-order valence-corrected chi connectivity index (χ0v) is 16.9.